The maximum absolute atomic E-state index is 12.8. The first-order valence-corrected chi connectivity index (χ1v) is 9.28. The Bertz CT molecular complexity index is 853. The minimum absolute atomic E-state index is 0.00817. The van der Waals surface area contributed by atoms with E-state index in [0.29, 0.717) is 12.2 Å². The van der Waals surface area contributed by atoms with Crippen LogP contribution < -0.4 is 10.0 Å². The molecule has 1 unspecified atom stereocenters. The highest BCUT2D eigenvalue weighted by Crippen LogP contribution is 2.17. The van der Waals surface area contributed by atoms with Crippen molar-refractivity contribution in [2.24, 2.45) is 0 Å². The molecule has 2 N–H and O–H groups in total. The summed E-state index contributed by atoms with van der Waals surface area (Å²) in [4.78, 5) is 0. The van der Waals surface area contributed by atoms with E-state index in [9.17, 15) is 12.8 Å². The van der Waals surface area contributed by atoms with E-state index in [1.165, 1.54) is 12.1 Å². The Kier molecular flexibility index (Phi) is 5.96. The summed E-state index contributed by atoms with van der Waals surface area (Å²) in [5, 5.41) is 3.25. The largest absolute Gasteiger partial charge is 0.300 e. The zero-order valence-electron chi connectivity index (χ0n) is 13.5. The summed E-state index contributed by atoms with van der Waals surface area (Å²) in [7, 11) is -3.29. The third kappa shape index (κ3) is 6.03. The third-order valence-corrected chi connectivity index (χ3v) is 3.87. The van der Waals surface area contributed by atoms with Crippen molar-refractivity contribution in [3.63, 3.8) is 0 Å². The van der Waals surface area contributed by atoms with Crippen LogP contribution in [0.25, 0.3) is 0 Å². The van der Waals surface area contributed by atoms with Crippen molar-refractivity contribution in [2.75, 3.05) is 17.5 Å². The molecule has 0 fully saturated rings. The highest BCUT2D eigenvalue weighted by Gasteiger charge is 2.07. The summed E-state index contributed by atoms with van der Waals surface area (Å²) in [6, 6.07) is 13.2. The van der Waals surface area contributed by atoms with Crippen molar-refractivity contribution in [1.82, 2.24) is 5.32 Å². The minimum Gasteiger partial charge on any atom is -0.300 e. The molecular weight excluding hydrogens is 327 g/mol. The second kappa shape index (κ2) is 7.95. The molecule has 0 aliphatic heterocycles. The number of hydrogen-bond acceptors (Lipinski definition) is 3. The van der Waals surface area contributed by atoms with E-state index in [0.717, 1.165) is 17.4 Å². The van der Waals surface area contributed by atoms with Gasteiger partial charge >= 0.3 is 0 Å². The van der Waals surface area contributed by atoms with Crippen LogP contribution in [0.4, 0.5) is 10.1 Å². The lowest BCUT2D eigenvalue weighted by Crippen LogP contribution is -2.19. The molecule has 6 heteroatoms. The zero-order valence-corrected chi connectivity index (χ0v) is 14.3. The molecular formula is C18H19FN2O2S. The Hall–Kier alpha value is -2.36. The lowest BCUT2D eigenvalue weighted by atomic mass is 10.1. The quantitative estimate of drug-likeness (QED) is 0.819. The Morgan fingerprint density at radius 3 is 2.54 bits per heavy atom. The maximum Gasteiger partial charge on any atom is 0.229 e. The first-order valence-electron chi connectivity index (χ1n) is 7.39. The number of anilines is 1. The molecule has 0 bridgehead atoms. The Morgan fingerprint density at radius 2 is 1.88 bits per heavy atom. The molecule has 0 aliphatic rings. The van der Waals surface area contributed by atoms with E-state index in [1.807, 2.05) is 13.0 Å². The van der Waals surface area contributed by atoms with Gasteiger partial charge in [0.25, 0.3) is 0 Å². The van der Waals surface area contributed by atoms with E-state index < -0.39 is 10.0 Å². The van der Waals surface area contributed by atoms with Gasteiger partial charge in [0.05, 0.1) is 12.8 Å². The maximum atomic E-state index is 12.8. The molecule has 4 nitrogen and oxygen atoms in total. The van der Waals surface area contributed by atoms with Crippen molar-refractivity contribution < 1.29 is 12.8 Å². The fourth-order valence-electron chi connectivity index (χ4n) is 2.09. The zero-order chi connectivity index (χ0) is 17.6. The number of sulfonamides is 1. The summed E-state index contributed by atoms with van der Waals surface area (Å²) in [5.74, 6) is 5.65. The number of hydrogen-bond donors (Lipinski definition) is 2. The summed E-state index contributed by atoms with van der Waals surface area (Å²) in [6.45, 7) is 2.43. The Balaban J connectivity index is 1.94. The first kappa shape index (κ1) is 18.0. The molecule has 0 spiro atoms. The Labute approximate surface area is 142 Å². The van der Waals surface area contributed by atoms with Gasteiger partial charge in [0.15, 0.2) is 0 Å². The smallest absolute Gasteiger partial charge is 0.229 e. The van der Waals surface area contributed by atoms with Crippen molar-refractivity contribution in [1.29, 1.82) is 0 Å². The number of halogens is 1. The monoisotopic (exact) mass is 346 g/mol. The molecule has 0 saturated heterocycles. The van der Waals surface area contributed by atoms with E-state index in [4.69, 9.17) is 0 Å². The van der Waals surface area contributed by atoms with Crippen LogP contribution in [0.15, 0.2) is 48.5 Å². The second-order valence-corrected chi connectivity index (χ2v) is 7.16. The van der Waals surface area contributed by atoms with Crippen LogP contribution in [0.2, 0.25) is 0 Å². The molecule has 1 atom stereocenters. The highest BCUT2D eigenvalue weighted by molar-refractivity contribution is 7.92. The van der Waals surface area contributed by atoms with Gasteiger partial charge in [-0.3, -0.25) is 10.0 Å². The topological polar surface area (TPSA) is 58.2 Å². The van der Waals surface area contributed by atoms with Crippen molar-refractivity contribution in [3.8, 4) is 11.8 Å². The molecule has 0 amide bonds. The molecule has 24 heavy (non-hydrogen) atoms. The van der Waals surface area contributed by atoms with Gasteiger partial charge in [-0.05, 0) is 48.9 Å². The van der Waals surface area contributed by atoms with Gasteiger partial charge in [0.1, 0.15) is 5.82 Å². The first-order chi connectivity index (χ1) is 11.3. The average molecular weight is 346 g/mol. The summed E-state index contributed by atoms with van der Waals surface area (Å²) in [6.07, 6.45) is 1.12. The lowest BCUT2D eigenvalue weighted by molar-refractivity contribution is 0.606. The predicted molar refractivity (Wildman–Crippen MR) is 94.6 cm³/mol. The normalized spacial score (nSPS) is 12.1. The van der Waals surface area contributed by atoms with E-state index >= 15 is 0 Å². The van der Waals surface area contributed by atoms with Gasteiger partial charge < -0.3 is 0 Å². The third-order valence-electron chi connectivity index (χ3n) is 3.26. The summed E-state index contributed by atoms with van der Waals surface area (Å²) < 4.78 is 37.8. The van der Waals surface area contributed by atoms with Crippen LogP contribution in [0, 0.1) is 17.7 Å². The van der Waals surface area contributed by atoms with Gasteiger partial charge in [0, 0.05) is 17.3 Å². The molecule has 0 heterocycles. The van der Waals surface area contributed by atoms with Crippen LogP contribution in [0.1, 0.15) is 24.1 Å². The van der Waals surface area contributed by atoms with Crippen LogP contribution in [-0.4, -0.2) is 21.2 Å². The van der Waals surface area contributed by atoms with Crippen LogP contribution in [-0.2, 0) is 10.0 Å². The van der Waals surface area contributed by atoms with Gasteiger partial charge in [-0.25, -0.2) is 12.8 Å². The molecule has 0 saturated carbocycles. The van der Waals surface area contributed by atoms with Gasteiger partial charge in [0.2, 0.25) is 10.0 Å². The average Bonchev–Trinajstić information content (AvgIpc) is 2.51. The standard InChI is InChI=1S/C18H19FN2O2S/c1-14(16-6-3-7-18(13-16)21-24(2,22)23)20-12-4-5-15-8-10-17(19)11-9-15/h3,6-11,13-14,20-21H,12H2,1-2H3. The van der Waals surface area contributed by atoms with E-state index in [-0.39, 0.29) is 11.9 Å². The van der Waals surface area contributed by atoms with Crippen LogP contribution >= 0.6 is 0 Å². The van der Waals surface area contributed by atoms with Gasteiger partial charge in [-0.2, -0.15) is 0 Å². The van der Waals surface area contributed by atoms with Crippen molar-refractivity contribution in [3.05, 3.63) is 65.5 Å². The van der Waals surface area contributed by atoms with E-state index in [1.54, 1.807) is 30.3 Å². The fraction of sp³-hybridized carbons (Fsp3) is 0.222. The van der Waals surface area contributed by atoms with Crippen molar-refractivity contribution in [2.45, 2.75) is 13.0 Å². The fourth-order valence-corrected chi connectivity index (χ4v) is 2.64. The van der Waals surface area contributed by atoms with Gasteiger partial charge in [-0.1, -0.05) is 24.0 Å². The number of nitrogens with one attached hydrogen (secondary N) is 2. The second-order valence-electron chi connectivity index (χ2n) is 5.41. The van der Waals surface area contributed by atoms with Gasteiger partial charge in [-0.15, -0.1) is 0 Å². The Morgan fingerprint density at radius 1 is 1.17 bits per heavy atom. The molecule has 0 radical (unpaired) electrons. The van der Waals surface area contributed by atoms with Crippen LogP contribution in [0.3, 0.4) is 0 Å². The SMILES string of the molecule is CC(NCC#Cc1ccc(F)cc1)c1cccc(NS(C)(=O)=O)c1. The molecule has 2 aromatic carbocycles. The molecule has 2 aromatic rings. The number of benzene rings is 2. The lowest BCUT2D eigenvalue weighted by Gasteiger charge is -2.13. The minimum atomic E-state index is -3.29. The summed E-state index contributed by atoms with van der Waals surface area (Å²) >= 11 is 0. The summed E-state index contributed by atoms with van der Waals surface area (Å²) in [5.41, 5.74) is 2.23. The molecule has 0 aromatic heterocycles. The highest BCUT2D eigenvalue weighted by atomic mass is 32.2. The van der Waals surface area contributed by atoms with E-state index in [2.05, 4.69) is 21.9 Å². The number of rotatable bonds is 5. The van der Waals surface area contributed by atoms with Crippen LogP contribution in [0.5, 0.6) is 0 Å². The molecule has 0 aliphatic carbocycles. The molecule has 2 rings (SSSR count). The van der Waals surface area contributed by atoms with Crippen molar-refractivity contribution >= 4 is 15.7 Å². The predicted octanol–water partition coefficient (Wildman–Crippen LogP) is 2.90. The molecule has 126 valence electrons.